The Morgan fingerprint density at radius 2 is 1.69 bits per heavy atom. The summed E-state index contributed by atoms with van der Waals surface area (Å²) in [5.41, 5.74) is -0.338. The molecule has 0 spiro atoms. The highest BCUT2D eigenvalue weighted by Crippen LogP contribution is 2.56. The Kier molecular flexibility index (Phi) is 8.57. The van der Waals surface area contributed by atoms with E-state index in [2.05, 4.69) is 5.32 Å². The number of hydrogen-bond donors (Lipinski definition) is 2. The first-order chi connectivity index (χ1) is 16.9. The first-order valence-corrected chi connectivity index (χ1v) is 12.4. The van der Waals surface area contributed by atoms with Crippen LogP contribution >= 0.6 is 23.2 Å². The van der Waals surface area contributed by atoms with Crippen LogP contribution in [0, 0.1) is 16.7 Å². The van der Waals surface area contributed by atoms with Crippen LogP contribution < -0.4 is 10.1 Å². The van der Waals surface area contributed by atoms with Gasteiger partial charge in [-0.05, 0) is 55.0 Å². The average molecular weight is 536 g/mol. The number of nitrogens with one attached hydrogen (secondary N) is 1. The molecule has 2 unspecified atom stereocenters. The quantitative estimate of drug-likeness (QED) is 0.422. The van der Waals surface area contributed by atoms with Crippen LogP contribution in [0.1, 0.15) is 44.7 Å². The zero-order chi connectivity index (χ0) is 26.7. The number of halogens is 2. The number of carbonyl (C=O) groups excluding carboxylic acids is 2. The number of carboxylic acids is 1. The number of benzene rings is 2. The number of carbonyl (C=O) groups is 3. The molecule has 3 atom stereocenters. The molecule has 0 heterocycles. The van der Waals surface area contributed by atoms with Crippen molar-refractivity contribution in [3.8, 4) is 5.75 Å². The van der Waals surface area contributed by atoms with Gasteiger partial charge < -0.3 is 19.9 Å². The molecule has 1 amide bonds. The summed E-state index contributed by atoms with van der Waals surface area (Å²) in [5, 5.41) is 13.6. The van der Waals surface area contributed by atoms with Crippen LogP contribution in [0.4, 0.5) is 0 Å². The van der Waals surface area contributed by atoms with Crippen molar-refractivity contribution in [3.05, 3.63) is 63.6 Å². The summed E-state index contributed by atoms with van der Waals surface area (Å²) in [6, 6.07) is 11.4. The third kappa shape index (κ3) is 5.62. The fourth-order valence-electron chi connectivity index (χ4n) is 4.73. The van der Waals surface area contributed by atoms with Gasteiger partial charge in [0.2, 0.25) is 5.91 Å². The first-order valence-electron chi connectivity index (χ1n) is 11.7. The Bertz CT molecular complexity index is 1110. The minimum absolute atomic E-state index is 0.200. The molecular formula is C27H31Cl2NO6. The van der Waals surface area contributed by atoms with Crippen LogP contribution in [0.15, 0.2) is 42.5 Å². The molecule has 2 N–H and O–H groups in total. The van der Waals surface area contributed by atoms with Gasteiger partial charge >= 0.3 is 11.9 Å². The standard InChI is InChI=1S/C27H31Cl2NO6/c1-26(2)19(12-13-27(26,3)25(33)34)23(31)30-22(24(32)35-4)14-16-8-10-17(11-9-16)36-15-18-20(28)6-5-7-21(18)29/h5-11,19,22H,12-15H2,1-4H3,(H,30,31)(H,33,34)/t19?,22-,27?/m0/s1. The number of rotatable bonds is 9. The van der Waals surface area contributed by atoms with Crippen molar-refractivity contribution in [2.45, 2.75) is 52.7 Å². The molecule has 2 aromatic rings. The highest BCUT2D eigenvalue weighted by molar-refractivity contribution is 6.35. The molecule has 1 aliphatic carbocycles. The second-order valence-electron chi connectivity index (χ2n) is 9.87. The second kappa shape index (κ2) is 11.1. The zero-order valence-corrected chi connectivity index (χ0v) is 22.3. The normalized spacial score (nSPS) is 21.4. The lowest BCUT2D eigenvalue weighted by Gasteiger charge is -2.38. The van der Waals surface area contributed by atoms with E-state index in [0.717, 1.165) is 5.56 Å². The molecule has 0 aliphatic heterocycles. The number of esters is 1. The largest absolute Gasteiger partial charge is 0.489 e. The van der Waals surface area contributed by atoms with Gasteiger partial charge in [-0.25, -0.2) is 4.79 Å². The molecule has 36 heavy (non-hydrogen) atoms. The molecule has 0 radical (unpaired) electrons. The van der Waals surface area contributed by atoms with Crippen molar-refractivity contribution < 1.29 is 29.0 Å². The van der Waals surface area contributed by atoms with Gasteiger partial charge in [-0.15, -0.1) is 0 Å². The number of aliphatic carboxylic acids is 1. The van der Waals surface area contributed by atoms with Crippen molar-refractivity contribution in [2.24, 2.45) is 16.7 Å². The van der Waals surface area contributed by atoms with Gasteiger partial charge in [0.15, 0.2) is 0 Å². The number of methoxy groups -OCH3 is 1. The summed E-state index contributed by atoms with van der Waals surface area (Å²) in [4.78, 5) is 37.5. The van der Waals surface area contributed by atoms with Crippen molar-refractivity contribution in [2.75, 3.05) is 7.11 Å². The predicted octanol–water partition coefficient (Wildman–Crippen LogP) is 5.30. The van der Waals surface area contributed by atoms with Gasteiger partial charge in [-0.2, -0.15) is 0 Å². The lowest BCUT2D eigenvalue weighted by molar-refractivity contribution is -0.156. The Balaban J connectivity index is 1.67. The van der Waals surface area contributed by atoms with Crippen molar-refractivity contribution in [1.29, 1.82) is 0 Å². The molecule has 194 valence electrons. The van der Waals surface area contributed by atoms with Crippen molar-refractivity contribution in [3.63, 3.8) is 0 Å². The van der Waals surface area contributed by atoms with Crippen molar-refractivity contribution in [1.82, 2.24) is 5.32 Å². The van der Waals surface area contributed by atoms with E-state index in [4.69, 9.17) is 32.7 Å². The van der Waals surface area contributed by atoms with Crippen LogP contribution in [0.2, 0.25) is 10.0 Å². The van der Waals surface area contributed by atoms with E-state index in [1.54, 1.807) is 63.2 Å². The molecule has 3 rings (SSSR count). The second-order valence-corrected chi connectivity index (χ2v) is 10.7. The number of ether oxygens (including phenoxy) is 2. The molecule has 7 nitrogen and oxygen atoms in total. The molecule has 9 heteroatoms. The Morgan fingerprint density at radius 3 is 2.22 bits per heavy atom. The van der Waals surface area contributed by atoms with E-state index < -0.39 is 34.7 Å². The summed E-state index contributed by atoms with van der Waals surface area (Å²) in [6.45, 7) is 5.45. The van der Waals surface area contributed by atoms with Crippen LogP contribution in [0.3, 0.4) is 0 Å². The first kappa shape index (κ1) is 27.8. The highest BCUT2D eigenvalue weighted by atomic mass is 35.5. The van der Waals surface area contributed by atoms with Gasteiger partial charge in [-0.3, -0.25) is 9.59 Å². The van der Waals surface area contributed by atoms with Gasteiger partial charge in [0, 0.05) is 27.9 Å². The van der Waals surface area contributed by atoms with E-state index in [9.17, 15) is 19.5 Å². The fraction of sp³-hybridized carbons (Fsp3) is 0.444. The third-order valence-corrected chi connectivity index (χ3v) is 8.33. The summed E-state index contributed by atoms with van der Waals surface area (Å²) in [5.74, 6) is -1.80. The summed E-state index contributed by atoms with van der Waals surface area (Å²) in [7, 11) is 1.26. The van der Waals surface area contributed by atoms with E-state index in [1.165, 1.54) is 7.11 Å². The van der Waals surface area contributed by atoms with Gasteiger partial charge in [0.05, 0.1) is 12.5 Å². The molecule has 1 aliphatic rings. The maximum Gasteiger partial charge on any atom is 0.328 e. The van der Waals surface area contributed by atoms with Crippen LogP contribution in [0.5, 0.6) is 5.75 Å². The number of amides is 1. The van der Waals surface area contributed by atoms with Gasteiger partial charge in [0.25, 0.3) is 0 Å². The molecule has 0 saturated heterocycles. The predicted molar refractivity (Wildman–Crippen MR) is 137 cm³/mol. The molecule has 0 aromatic heterocycles. The summed E-state index contributed by atoms with van der Waals surface area (Å²) >= 11 is 12.4. The smallest absolute Gasteiger partial charge is 0.328 e. The summed E-state index contributed by atoms with van der Waals surface area (Å²) in [6.07, 6.45) is 1.02. The van der Waals surface area contributed by atoms with Gasteiger partial charge in [0.1, 0.15) is 18.4 Å². The Hall–Kier alpha value is -2.77. The Labute approximate surface area is 221 Å². The van der Waals surface area contributed by atoms with E-state index in [0.29, 0.717) is 34.2 Å². The third-order valence-electron chi connectivity index (χ3n) is 7.63. The zero-order valence-electron chi connectivity index (χ0n) is 20.8. The molecular weight excluding hydrogens is 505 g/mol. The highest BCUT2D eigenvalue weighted by Gasteiger charge is 2.58. The monoisotopic (exact) mass is 535 g/mol. The van der Waals surface area contributed by atoms with E-state index >= 15 is 0 Å². The molecule has 0 bridgehead atoms. The average Bonchev–Trinajstić information content (AvgIpc) is 3.08. The van der Waals surface area contributed by atoms with Crippen LogP contribution in [0.25, 0.3) is 0 Å². The molecule has 1 fully saturated rings. The van der Waals surface area contributed by atoms with E-state index in [1.807, 2.05) is 0 Å². The molecule has 1 saturated carbocycles. The number of hydrogen-bond acceptors (Lipinski definition) is 5. The Morgan fingerprint density at radius 1 is 1.08 bits per heavy atom. The SMILES string of the molecule is COC(=O)[C@H](Cc1ccc(OCc2c(Cl)cccc2Cl)cc1)NC(=O)C1CCC(C)(C(=O)O)C1(C)C. The molecule has 2 aromatic carbocycles. The van der Waals surface area contributed by atoms with Crippen LogP contribution in [-0.2, 0) is 32.1 Å². The maximum absolute atomic E-state index is 13.2. The topological polar surface area (TPSA) is 102 Å². The number of carboxylic acid groups (broad SMARTS) is 1. The lowest BCUT2D eigenvalue weighted by atomic mass is 9.65. The lowest BCUT2D eigenvalue weighted by Crippen LogP contribution is -2.50. The fourth-order valence-corrected chi connectivity index (χ4v) is 5.24. The minimum atomic E-state index is -1.03. The van der Waals surface area contributed by atoms with E-state index in [-0.39, 0.29) is 18.9 Å². The van der Waals surface area contributed by atoms with Crippen LogP contribution in [-0.4, -0.2) is 36.1 Å². The maximum atomic E-state index is 13.2. The minimum Gasteiger partial charge on any atom is -0.489 e. The summed E-state index contributed by atoms with van der Waals surface area (Å²) < 4.78 is 10.7. The van der Waals surface area contributed by atoms with Crippen molar-refractivity contribution >= 4 is 41.0 Å². The van der Waals surface area contributed by atoms with Gasteiger partial charge in [-0.1, -0.05) is 55.2 Å².